The number of rotatable bonds is 12. The SMILES string of the molecule is COc1cc(CON=C(CCC(=O)O)c2ccccc2)ccc1OCc1nc(-c2ccccc2)oc1C. The van der Waals surface area contributed by atoms with Gasteiger partial charge in [0.1, 0.15) is 24.7 Å². The van der Waals surface area contributed by atoms with Gasteiger partial charge in [0.2, 0.25) is 5.89 Å². The number of carboxylic acids is 1. The van der Waals surface area contributed by atoms with E-state index >= 15 is 0 Å². The number of methoxy groups -OCH3 is 1. The summed E-state index contributed by atoms with van der Waals surface area (Å²) in [6.45, 7) is 2.27. The van der Waals surface area contributed by atoms with Crippen molar-refractivity contribution in [1.29, 1.82) is 0 Å². The Morgan fingerprint density at radius 3 is 2.38 bits per heavy atom. The normalized spacial score (nSPS) is 11.2. The van der Waals surface area contributed by atoms with E-state index in [1.807, 2.05) is 79.7 Å². The van der Waals surface area contributed by atoms with Crippen LogP contribution in [-0.2, 0) is 22.8 Å². The minimum atomic E-state index is -0.888. The molecule has 1 aromatic heterocycles. The molecule has 37 heavy (non-hydrogen) atoms. The van der Waals surface area contributed by atoms with E-state index in [1.165, 1.54) is 0 Å². The Kier molecular flexibility index (Phi) is 8.54. The summed E-state index contributed by atoms with van der Waals surface area (Å²) in [6, 6.07) is 24.6. The second-order valence-corrected chi connectivity index (χ2v) is 8.23. The van der Waals surface area contributed by atoms with Gasteiger partial charge in [0, 0.05) is 12.0 Å². The van der Waals surface area contributed by atoms with Crippen LogP contribution < -0.4 is 9.47 Å². The van der Waals surface area contributed by atoms with E-state index in [4.69, 9.17) is 23.8 Å². The number of oxazole rings is 1. The van der Waals surface area contributed by atoms with Crippen LogP contribution in [0.15, 0.2) is 88.4 Å². The van der Waals surface area contributed by atoms with Gasteiger partial charge in [-0.2, -0.15) is 0 Å². The zero-order chi connectivity index (χ0) is 26.0. The molecule has 4 aromatic rings. The van der Waals surface area contributed by atoms with E-state index in [-0.39, 0.29) is 26.1 Å². The second-order valence-electron chi connectivity index (χ2n) is 8.23. The Morgan fingerprint density at radius 1 is 0.946 bits per heavy atom. The summed E-state index contributed by atoms with van der Waals surface area (Å²) < 4.78 is 17.3. The number of carbonyl (C=O) groups is 1. The number of nitrogens with zero attached hydrogens (tertiary/aromatic N) is 2. The fourth-order valence-electron chi connectivity index (χ4n) is 3.62. The van der Waals surface area contributed by atoms with Gasteiger partial charge in [0.25, 0.3) is 0 Å². The number of oxime groups is 1. The molecule has 1 heterocycles. The lowest BCUT2D eigenvalue weighted by Gasteiger charge is -2.12. The number of aromatic nitrogens is 1. The molecule has 0 aliphatic carbocycles. The molecule has 0 fully saturated rings. The minimum Gasteiger partial charge on any atom is -0.493 e. The zero-order valence-corrected chi connectivity index (χ0v) is 20.7. The number of hydrogen-bond acceptors (Lipinski definition) is 7. The van der Waals surface area contributed by atoms with Gasteiger partial charge >= 0.3 is 5.97 Å². The molecule has 0 atom stereocenters. The summed E-state index contributed by atoms with van der Waals surface area (Å²) in [7, 11) is 1.57. The zero-order valence-electron chi connectivity index (χ0n) is 20.7. The topological polar surface area (TPSA) is 103 Å². The van der Waals surface area contributed by atoms with Crippen molar-refractivity contribution in [3.05, 3.63) is 101 Å². The Balaban J connectivity index is 1.40. The Labute approximate surface area is 215 Å². The van der Waals surface area contributed by atoms with E-state index in [0.717, 1.165) is 16.7 Å². The van der Waals surface area contributed by atoms with Gasteiger partial charge in [-0.1, -0.05) is 59.8 Å². The lowest BCUT2D eigenvalue weighted by molar-refractivity contribution is -0.136. The maximum absolute atomic E-state index is 11.0. The lowest BCUT2D eigenvalue weighted by Crippen LogP contribution is -2.06. The molecular formula is C29H28N2O6. The predicted molar refractivity (Wildman–Crippen MR) is 139 cm³/mol. The highest BCUT2D eigenvalue weighted by atomic mass is 16.6. The first kappa shape index (κ1) is 25.5. The van der Waals surface area contributed by atoms with Crippen LogP contribution in [-0.4, -0.2) is 28.9 Å². The van der Waals surface area contributed by atoms with E-state index < -0.39 is 5.97 Å². The Hall–Kier alpha value is -4.59. The average molecular weight is 501 g/mol. The van der Waals surface area contributed by atoms with Gasteiger partial charge in [-0.25, -0.2) is 4.98 Å². The first-order chi connectivity index (χ1) is 18.0. The predicted octanol–water partition coefficient (Wildman–Crippen LogP) is 6.02. The monoisotopic (exact) mass is 500 g/mol. The second kappa shape index (κ2) is 12.4. The molecule has 0 amide bonds. The maximum Gasteiger partial charge on any atom is 0.303 e. The summed E-state index contributed by atoms with van der Waals surface area (Å²) in [5, 5.41) is 13.3. The molecule has 190 valence electrons. The molecule has 0 saturated heterocycles. The Morgan fingerprint density at radius 2 is 1.68 bits per heavy atom. The van der Waals surface area contributed by atoms with Crippen LogP contribution in [0.5, 0.6) is 11.5 Å². The third kappa shape index (κ3) is 6.98. The lowest BCUT2D eigenvalue weighted by atomic mass is 10.1. The number of aliphatic carboxylic acids is 1. The summed E-state index contributed by atoms with van der Waals surface area (Å²) in [4.78, 5) is 21.2. The maximum atomic E-state index is 11.0. The Bertz CT molecular complexity index is 1350. The molecule has 0 bridgehead atoms. The van der Waals surface area contributed by atoms with E-state index in [2.05, 4.69) is 10.1 Å². The van der Waals surface area contributed by atoms with Crippen LogP contribution in [0.4, 0.5) is 0 Å². The molecular weight excluding hydrogens is 472 g/mol. The van der Waals surface area contributed by atoms with E-state index in [0.29, 0.717) is 34.6 Å². The van der Waals surface area contributed by atoms with Crippen molar-refractivity contribution in [2.75, 3.05) is 7.11 Å². The average Bonchev–Trinajstić information content (AvgIpc) is 3.30. The summed E-state index contributed by atoms with van der Waals surface area (Å²) in [6.07, 6.45) is 0.234. The highest BCUT2D eigenvalue weighted by Gasteiger charge is 2.14. The van der Waals surface area contributed by atoms with E-state index in [1.54, 1.807) is 13.2 Å². The van der Waals surface area contributed by atoms with Crippen LogP contribution in [0.2, 0.25) is 0 Å². The van der Waals surface area contributed by atoms with Crippen LogP contribution >= 0.6 is 0 Å². The van der Waals surface area contributed by atoms with Gasteiger partial charge in [-0.05, 0) is 42.3 Å². The van der Waals surface area contributed by atoms with Gasteiger partial charge in [0.15, 0.2) is 11.5 Å². The highest BCUT2D eigenvalue weighted by molar-refractivity contribution is 6.01. The molecule has 8 heteroatoms. The number of benzene rings is 3. The van der Waals surface area contributed by atoms with Gasteiger partial charge in [-0.15, -0.1) is 0 Å². The molecule has 8 nitrogen and oxygen atoms in total. The first-order valence-corrected chi connectivity index (χ1v) is 11.8. The molecule has 0 spiro atoms. The molecule has 0 aliphatic heterocycles. The van der Waals surface area contributed by atoms with Crippen LogP contribution in [0.3, 0.4) is 0 Å². The van der Waals surface area contributed by atoms with Crippen molar-refractivity contribution in [3.63, 3.8) is 0 Å². The molecule has 3 aromatic carbocycles. The van der Waals surface area contributed by atoms with Gasteiger partial charge < -0.3 is 23.8 Å². The third-order valence-electron chi connectivity index (χ3n) is 5.59. The van der Waals surface area contributed by atoms with Crippen molar-refractivity contribution in [3.8, 4) is 23.0 Å². The molecule has 0 saturated carbocycles. The summed E-state index contributed by atoms with van der Waals surface area (Å²) in [5.74, 6) is 1.46. The highest BCUT2D eigenvalue weighted by Crippen LogP contribution is 2.30. The van der Waals surface area contributed by atoms with Gasteiger partial charge in [-0.3, -0.25) is 4.79 Å². The van der Waals surface area contributed by atoms with Crippen molar-refractivity contribution in [2.45, 2.75) is 33.0 Å². The molecule has 0 unspecified atom stereocenters. The smallest absolute Gasteiger partial charge is 0.303 e. The van der Waals surface area contributed by atoms with Crippen molar-refractivity contribution >= 4 is 11.7 Å². The number of hydrogen-bond donors (Lipinski definition) is 1. The third-order valence-corrected chi connectivity index (χ3v) is 5.59. The minimum absolute atomic E-state index is 0.0330. The van der Waals surface area contributed by atoms with Crippen molar-refractivity contribution < 1.29 is 28.6 Å². The molecule has 0 aliphatic rings. The number of ether oxygens (including phenoxy) is 2. The first-order valence-electron chi connectivity index (χ1n) is 11.8. The molecule has 0 radical (unpaired) electrons. The standard InChI is InChI=1S/C29H28N2O6/c1-20-25(30-29(37-20)23-11-7-4-8-12-23)19-35-26-15-13-21(17-27(26)34-2)18-36-31-24(14-16-28(32)33)22-9-5-3-6-10-22/h3-13,15,17H,14,16,18-19H2,1-2H3,(H,32,33). The molecule has 4 rings (SSSR count). The fraction of sp³-hybridized carbons (Fsp3) is 0.207. The fourth-order valence-corrected chi connectivity index (χ4v) is 3.62. The number of aryl methyl sites for hydroxylation is 1. The largest absolute Gasteiger partial charge is 0.493 e. The van der Waals surface area contributed by atoms with Crippen LogP contribution in [0, 0.1) is 6.92 Å². The van der Waals surface area contributed by atoms with Crippen molar-refractivity contribution in [1.82, 2.24) is 4.98 Å². The summed E-state index contributed by atoms with van der Waals surface area (Å²) >= 11 is 0. The number of carboxylic acid groups (broad SMARTS) is 1. The van der Waals surface area contributed by atoms with Crippen LogP contribution in [0.1, 0.15) is 35.4 Å². The van der Waals surface area contributed by atoms with Crippen molar-refractivity contribution in [2.24, 2.45) is 5.16 Å². The van der Waals surface area contributed by atoms with Crippen LogP contribution in [0.25, 0.3) is 11.5 Å². The summed E-state index contributed by atoms with van der Waals surface area (Å²) in [5.41, 5.74) is 3.83. The quantitative estimate of drug-likeness (QED) is 0.187. The van der Waals surface area contributed by atoms with E-state index in [9.17, 15) is 4.79 Å². The van der Waals surface area contributed by atoms with Gasteiger partial charge in [0.05, 0.1) is 19.2 Å². The molecule has 1 N–H and O–H groups in total.